The fraction of sp³-hybridized carbons (Fsp3) is 0.267. The minimum atomic E-state index is -0.527. The van der Waals surface area contributed by atoms with E-state index in [9.17, 15) is 14.0 Å². The Morgan fingerprint density at radius 2 is 1.79 bits per heavy atom. The highest BCUT2D eigenvalue weighted by atomic mass is 19.1. The molecule has 4 rings (SSSR count). The molecule has 3 aromatic rings. The van der Waals surface area contributed by atoms with Gasteiger partial charge in [0, 0.05) is 38.3 Å². The van der Waals surface area contributed by atoms with Crippen molar-refractivity contribution in [2.75, 3.05) is 36.0 Å². The van der Waals surface area contributed by atoms with Gasteiger partial charge in [0.05, 0.1) is 0 Å². The number of rotatable bonds is 2. The van der Waals surface area contributed by atoms with Crippen LogP contribution in [0.15, 0.2) is 38.3 Å². The van der Waals surface area contributed by atoms with Crippen molar-refractivity contribution >= 4 is 22.9 Å². The summed E-state index contributed by atoms with van der Waals surface area (Å²) in [5, 5.41) is 0. The first-order chi connectivity index (χ1) is 11.6. The summed E-state index contributed by atoms with van der Waals surface area (Å²) in [7, 11) is 0. The summed E-state index contributed by atoms with van der Waals surface area (Å²) in [6.07, 6.45) is 0. The molecule has 1 saturated heterocycles. The number of benzene rings is 1. The maximum atomic E-state index is 13.2. The largest absolute Gasteiger partial charge is 0.423 e. The Hall–Kier alpha value is -3.10. The highest BCUT2D eigenvalue weighted by molar-refractivity contribution is 5.74. The molecule has 3 heterocycles. The zero-order valence-corrected chi connectivity index (χ0v) is 12.6. The van der Waals surface area contributed by atoms with Gasteiger partial charge in [-0.25, -0.2) is 9.18 Å². The number of piperazine rings is 1. The number of oxazole rings is 1. The van der Waals surface area contributed by atoms with Crippen molar-refractivity contribution in [1.82, 2.24) is 15.0 Å². The lowest BCUT2D eigenvalue weighted by Crippen LogP contribution is -2.47. The number of nitrogens with one attached hydrogen (secondary N) is 2. The Balaban J connectivity index is 1.52. The monoisotopic (exact) mass is 331 g/mol. The molecule has 9 heteroatoms. The molecule has 1 aromatic carbocycles. The summed E-state index contributed by atoms with van der Waals surface area (Å²) in [4.78, 5) is 35.7. The average Bonchev–Trinajstić information content (AvgIpc) is 2.97. The molecular formula is C15H14FN5O3. The molecule has 2 N–H and O–H groups in total. The van der Waals surface area contributed by atoms with Crippen molar-refractivity contribution < 1.29 is 8.81 Å². The molecule has 0 bridgehead atoms. The topological polar surface area (TPSA) is 98.2 Å². The summed E-state index contributed by atoms with van der Waals surface area (Å²) in [5.41, 5.74) is 0.0529. The molecule has 8 nitrogen and oxygen atoms in total. The Bertz CT molecular complexity index is 972. The van der Waals surface area contributed by atoms with Crippen molar-refractivity contribution in [3.63, 3.8) is 0 Å². The standard InChI is InChI=1S/C15H14FN5O3/c16-9-1-2-10-11(7-9)24-15(17-10)21-5-3-20(4-6-21)12-8-13(22)19-14(23)18-12/h1-2,7-8H,3-6H2,(H2,18,19,22,23). The summed E-state index contributed by atoms with van der Waals surface area (Å²) >= 11 is 0. The first kappa shape index (κ1) is 14.5. The number of aromatic nitrogens is 3. The number of halogens is 1. The number of aromatic amines is 2. The fourth-order valence-electron chi connectivity index (χ4n) is 2.79. The van der Waals surface area contributed by atoms with E-state index in [0.717, 1.165) is 0 Å². The molecule has 0 saturated carbocycles. The first-order valence-electron chi connectivity index (χ1n) is 7.48. The molecule has 124 valence electrons. The lowest BCUT2D eigenvalue weighted by Gasteiger charge is -2.34. The molecule has 24 heavy (non-hydrogen) atoms. The van der Waals surface area contributed by atoms with Crippen LogP contribution < -0.4 is 21.0 Å². The SMILES string of the molecule is O=c1cc(N2CCN(c3nc4ccc(F)cc4o3)CC2)[nH]c(=O)[nH]1. The second-order valence-corrected chi connectivity index (χ2v) is 5.56. The third-order valence-corrected chi connectivity index (χ3v) is 3.98. The molecule has 1 aliphatic rings. The van der Waals surface area contributed by atoms with E-state index in [1.807, 2.05) is 9.80 Å². The van der Waals surface area contributed by atoms with Gasteiger partial charge in [-0.05, 0) is 12.1 Å². The van der Waals surface area contributed by atoms with Crippen LogP contribution in [0.1, 0.15) is 0 Å². The van der Waals surface area contributed by atoms with Crippen molar-refractivity contribution in [2.24, 2.45) is 0 Å². The normalized spacial score (nSPS) is 15.2. The molecule has 0 spiro atoms. The molecule has 1 fully saturated rings. The maximum Gasteiger partial charge on any atom is 0.327 e. The van der Waals surface area contributed by atoms with E-state index in [1.165, 1.54) is 18.2 Å². The molecular weight excluding hydrogens is 317 g/mol. The highest BCUT2D eigenvalue weighted by Gasteiger charge is 2.22. The van der Waals surface area contributed by atoms with Gasteiger partial charge in [-0.1, -0.05) is 0 Å². The summed E-state index contributed by atoms with van der Waals surface area (Å²) in [6, 6.07) is 6.03. The van der Waals surface area contributed by atoms with E-state index in [-0.39, 0.29) is 5.82 Å². The highest BCUT2D eigenvalue weighted by Crippen LogP contribution is 2.24. The average molecular weight is 331 g/mol. The second-order valence-electron chi connectivity index (χ2n) is 5.56. The van der Waals surface area contributed by atoms with Gasteiger partial charge in [-0.15, -0.1) is 0 Å². The van der Waals surface area contributed by atoms with Crippen molar-refractivity contribution in [1.29, 1.82) is 0 Å². The second kappa shape index (κ2) is 5.52. The van der Waals surface area contributed by atoms with Gasteiger partial charge in [0.25, 0.3) is 11.6 Å². The van der Waals surface area contributed by atoms with Gasteiger partial charge < -0.3 is 14.2 Å². The van der Waals surface area contributed by atoms with Crippen LogP contribution in [0.2, 0.25) is 0 Å². The lowest BCUT2D eigenvalue weighted by atomic mass is 10.3. The Kier molecular flexibility index (Phi) is 3.33. The minimum Gasteiger partial charge on any atom is -0.423 e. The molecule has 0 amide bonds. The van der Waals surface area contributed by atoms with E-state index in [2.05, 4.69) is 15.0 Å². The number of hydrogen-bond donors (Lipinski definition) is 2. The van der Waals surface area contributed by atoms with Crippen LogP contribution in [0, 0.1) is 5.82 Å². The van der Waals surface area contributed by atoms with Crippen molar-refractivity contribution in [3.05, 3.63) is 50.9 Å². The molecule has 0 atom stereocenters. The van der Waals surface area contributed by atoms with Gasteiger partial charge >= 0.3 is 5.69 Å². The summed E-state index contributed by atoms with van der Waals surface area (Å²) in [5.74, 6) is 0.122. The van der Waals surface area contributed by atoms with Crippen LogP contribution in [0.25, 0.3) is 11.1 Å². The van der Waals surface area contributed by atoms with Crippen LogP contribution in [0.3, 0.4) is 0 Å². The van der Waals surface area contributed by atoms with E-state index in [4.69, 9.17) is 4.42 Å². The van der Waals surface area contributed by atoms with E-state index in [0.29, 0.717) is 49.1 Å². The summed E-state index contributed by atoms with van der Waals surface area (Å²) in [6.45, 7) is 2.38. The number of H-pyrrole nitrogens is 2. The zero-order valence-electron chi connectivity index (χ0n) is 12.6. The third-order valence-electron chi connectivity index (χ3n) is 3.98. The number of fused-ring (bicyclic) bond motifs is 1. The number of hydrogen-bond acceptors (Lipinski definition) is 6. The van der Waals surface area contributed by atoms with Crippen molar-refractivity contribution in [2.45, 2.75) is 0 Å². The van der Waals surface area contributed by atoms with Gasteiger partial charge in [0.2, 0.25) is 0 Å². The van der Waals surface area contributed by atoms with Crippen LogP contribution in [-0.2, 0) is 0 Å². The Morgan fingerprint density at radius 1 is 1.04 bits per heavy atom. The quantitative estimate of drug-likeness (QED) is 0.716. The molecule has 0 unspecified atom stereocenters. The first-order valence-corrected chi connectivity index (χ1v) is 7.48. The maximum absolute atomic E-state index is 13.2. The smallest absolute Gasteiger partial charge is 0.327 e. The third kappa shape index (κ3) is 2.64. The van der Waals surface area contributed by atoms with Crippen LogP contribution in [0.5, 0.6) is 0 Å². The number of anilines is 2. The van der Waals surface area contributed by atoms with Crippen molar-refractivity contribution in [3.8, 4) is 0 Å². The van der Waals surface area contributed by atoms with Gasteiger partial charge in [0.1, 0.15) is 17.2 Å². The van der Waals surface area contributed by atoms with Gasteiger partial charge in [-0.2, -0.15) is 4.98 Å². The summed E-state index contributed by atoms with van der Waals surface area (Å²) < 4.78 is 18.8. The predicted octanol–water partition coefficient (Wildman–Crippen LogP) is 0.670. The predicted molar refractivity (Wildman–Crippen MR) is 86.1 cm³/mol. The van der Waals surface area contributed by atoms with Gasteiger partial charge in [-0.3, -0.25) is 14.8 Å². The molecule has 2 aromatic heterocycles. The Labute approximate surface area is 134 Å². The lowest BCUT2D eigenvalue weighted by molar-refractivity contribution is 0.538. The van der Waals surface area contributed by atoms with E-state index < -0.39 is 11.2 Å². The molecule has 0 radical (unpaired) electrons. The Morgan fingerprint density at radius 3 is 2.54 bits per heavy atom. The minimum absolute atomic E-state index is 0.367. The zero-order chi connectivity index (χ0) is 16.7. The van der Waals surface area contributed by atoms with Gasteiger partial charge in [0.15, 0.2) is 5.58 Å². The number of nitrogens with zero attached hydrogens (tertiary/aromatic N) is 3. The van der Waals surface area contributed by atoms with Crippen LogP contribution in [-0.4, -0.2) is 41.1 Å². The van der Waals surface area contributed by atoms with Crippen LogP contribution in [0.4, 0.5) is 16.2 Å². The molecule has 1 aliphatic heterocycles. The van der Waals surface area contributed by atoms with E-state index in [1.54, 1.807) is 6.07 Å². The fourth-order valence-corrected chi connectivity index (χ4v) is 2.79. The van der Waals surface area contributed by atoms with Crippen LogP contribution >= 0.6 is 0 Å². The van der Waals surface area contributed by atoms with E-state index >= 15 is 0 Å². The molecule has 0 aliphatic carbocycles.